The van der Waals surface area contributed by atoms with Crippen LogP contribution in [-0.4, -0.2) is 62.1 Å². The molecule has 1 fully saturated rings. The SMILES string of the molecule is COc1ccc(C(CCCCOc2ccc(S(=O)(=O)C3(C(=O)NO)CCOCC3)cc2)=NO)cc1. The summed E-state index contributed by atoms with van der Waals surface area (Å²) in [5.74, 6) is 0.252. The summed E-state index contributed by atoms with van der Waals surface area (Å²) in [4.78, 5) is 12.3. The van der Waals surface area contributed by atoms with Gasteiger partial charge in [0.15, 0.2) is 14.6 Å². The Morgan fingerprint density at radius 2 is 1.69 bits per heavy atom. The fraction of sp³-hybridized carbons (Fsp3) is 0.417. The van der Waals surface area contributed by atoms with Crippen LogP contribution in [0, 0.1) is 0 Å². The van der Waals surface area contributed by atoms with E-state index in [1.165, 1.54) is 29.7 Å². The van der Waals surface area contributed by atoms with Gasteiger partial charge >= 0.3 is 0 Å². The molecule has 0 saturated carbocycles. The minimum atomic E-state index is -4.08. The Bertz CT molecular complexity index is 1110. The van der Waals surface area contributed by atoms with Gasteiger partial charge in [0.25, 0.3) is 5.91 Å². The van der Waals surface area contributed by atoms with Gasteiger partial charge < -0.3 is 19.4 Å². The normalized spacial score (nSPS) is 15.9. The van der Waals surface area contributed by atoms with Crippen LogP contribution in [-0.2, 0) is 19.4 Å². The highest BCUT2D eigenvalue weighted by molar-refractivity contribution is 7.93. The van der Waals surface area contributed by atoms with Gasteiger partial charge in [-0.05, 0) is 86.2 Å². The first-order valence-corrected chi connectivity index (χ1v) is 12.7. The summed E-state index contributed by atoms with van der Waals surface area (Å²) >= 11 is 0. The molecular weight excluding hydrogens is 476 g/mol. The number of oxime groups is 1. The van der Waals surface area contributed by atoms with Crippen molar-refractivity contribution in [2.45, 2.75) is 41.7 Å². The van der Waals surface area contributed by atoms with E-state index in [2.05, 4.69) is 5.16 Å². The minimum Gasteiger partial charge on any atom is -0.497 e. The molecule has 2 aromatic rings. The highest BCUT2D eigenvalue weighted by Gasteiger charge is 2.52. The van der Waals surface area contributed by atoms with E-state index in [4.69, 9.17) is 19.4 Å². The van der Waals surface area contributed by atoms with Crippen molar-refractivity contribution in [1.82, 2.24) is 5.48 Å². The maximum atomic E-state index is 13.3. The third-order valence-corrected chi connectivity index (χ3v) is 8.60. The highest BCUT2D eigenvalue weighted by Crippen LogP contribution is 2.35. The third kappa shape index (κ3) is 5.92. The molecular formula is C24H30N2O8S. The molecule has 3 N–H and O–H groups in total. The van der Waals surface area contributed by atoms with Gasteiger partial charge in [0.1, 0.15) is 11.5 Å². The van der Waals surface area contributed by atoms with Crippen molar-refractivity contribution >= 4 is 21.5 Å². The fourth-order valence-electron chi connectivity index (χ4n) is 3.98. The number of nitrogens with one attached hydrogen (secondary N) is 1. The van der Waals surface area contributed by atoms with Crippen LogP contribution < -0.4 is 15.0 Å². The van der Waals surface area contributed by atoms with Crippen LogP contribution >= 0.6 is 0 Å². The maximum absolute atomic E-state index is 13.3. The monoisotopic (exact) mass is 506 g/mol. The number of carbonyl (C=O) groups is 1. The first-order chi connectivity index (χ1) is 16.9. The van der Waals surface area contributed by atoms with Gasteiger partial charge in [-0.2, -0.15) is 0 Å². The third-order valence-electron chi connectivity index (χ3n) is 6.08. The zero-order chi connectivity index (χ0) is 25.3. The average Bonchev–Trinajstić information content (AvgIpc) is 2.91. The number of amides is 1. The second kappa shape index (κ2) is 12.0. The van der Waals surface area contributed by atoms with Crippen molar-refractivity contribution in [3.8, 4) is 11.5 Å². The zero-order valence-electron chi connectivity index (χ0n) is 19.5. The Morgan fingerprint density at radius 1 is 1.06 bits per heavy atom. The zero-order valence-corrected chi connectivity index (χ0v) is 20.3. The van der Waals surface area contributed by atoms with Crippen molar-refractivity contribution in [1.29, 1.82) is 0 Å². The van der Waals surface area contributed by atoms with Gasteiger partial charge in [0.05, 0.1) is 24.3 Å². The lowest BCUT2D eigenvalue weighted by Gasteiger charge is -2.34. The molecule has 1 aliphatic rings. The Morgan fingerprint density at radius 3 is 2.26 bits per heavy atom. The molecule has 2 aromatic carbocycles. The number of carbonyl (C=O) groups excluding carboxylic acids is 1. The molecule has 0 aliphatic carbocycles. The topological polar surface area (TPSA) is 144 Å². The van der Waals surface area contributed by atoms with E-state index in [0.717, 1.165) is 17.7 Å². The van der Waals surface area contributed by atoms with Gasteiger partial charge in [-0.25, -0.2) is 13.9 Å². The van der Waals surface area contributed by atoms with Crippen LogP contribution in [0.25, 0.3) is 0 Å². The first-order valence-electron chi connectivity index (χ1n) is 11.2. The van der Waals surface area contributed by atoms with Gasteiger partial charge in [0.2, 0.25) is 0 Å². The predicted octanol–water partition coefficient (Wildman–Crippen LogP) is 2.95. The van der Waals surface area contributed by atoms with Crippen LogP contribution in [0.15, 0.2) is 58.6 Å². The molecule has 0 bridgehead atoms. The number of hydrogen-bond acceptors (Lipinski definition) is 9. The summed E-state index contributed by atoms with van der Waals surface area (Å²) in [5, 5.41) is 21.8. The average molecular weight is 507 g/mol. The van der Waals surface area contributed by atoms with Gasteiger partial charge in [0, 0.05) is 13.2 Å². The summed E-state index contributed by atoms with van der Waals surface area (Å²) in [6.07, 6.45) is 1.88. The maximum Gasteiger partial charge on any atom is 0.265 e. The molecule has 1 heterocycles. The number of hydroxylamine groups is 1. The van der Waals surface area contributed by atoms with E-state index in [1.807, 2.05) is 12.1 Å². The van der Waals surface area contributed by atoms with Crippen LogP contribution in [0.2, 0.25) is 0 Å². The van der Waals surface area contributed by atoms with Crippen LogP contribution in [0.5, 0.6) is 11.5 Å². The lowest BCUT2D eigenvalue weighted by molar-refractivity contribution is -0.134. The van der Waals surface area contributed by atoms with Gasteiger partial charge in [-0.1, -0.05) is 5.16 Å². The Hall–Kier alpha value is -3.15. The second-order valence-corrected chi connectivity index (χ2v) is 10.4. The minimum absolute atomic E-state index is 0.0290. The van der Waals surface area contributed by atoms with E-state index >= 15 is 0 Å². The number of methoxy groups -OCH3 is 1. The van der Waals surface area contributed by atoms with E-state index in [0.29, 0.717) is 30.9 Å². The van der Waals surface area contributed by atoms with E-state index < -0.39 is 20.5 Å². The largest absolute Gasteiger partial charge is 0.497 e. The standard InChI is InChI=1S/C24H30N2O8S/c1-32-19-7-5-18(6-8-19)22(25-28)4-2-3-15-34-20-9-11-21(12-10-20)35(30,31)24(23(27)26-29)13-16-33-17-14-24/h5-12,28-29H,2-4,13-17H2,1H3,(H,26,27). The molecule has 190 valence electrons. The summed E-state index contributed by atoms with van der Waals surface area (Å²) in [6.45, 7) is 0.603. The molecule has 0 aromatic heterocycles. The molecule has 11 heteroatoms. The number of ether oxygens (including phenoxy) is 3. The fourth-order valence-corrected chi connectivity index (χ4v) is 5.92. The van der Waals surface area contributed by atoms with Crippen molar-refractivity contribution < 1.29 is 37.8 Å². The van der Waals surface area contributed by atoms with Crippen LogP contribution in [0.3, 0.4) is 0 Å². The van der Waals surface area contributed by atoms with E-state index in [-0.39, 0.29) is 31.0 Å². The quantitative estimate of drug-likeness (QED) is 0.139. The number of nitrogens with zero attached hydrogens (tertiary/aromatic N) is 1. The summed E-state index contributed by atoms with van der Waals surface area (Å²) in [7, 11) is -2.49. The van der Waals surface area contributed by atoms with Gasteiger partial charge in [-0.15, -0.1) is 0 Å². The molecule has 1 amide bonds. The van der Waals surface area contributed by atoms with Crippen molar-refractivity contribution in [2.75, 3.05) is 26.9 Å². The number of hydrogen-bond donors (Lipinski definition) is 3. The van der Waals surface area contributed by atoms with Crippen LogP contribution in [0.4, 0.5) is 0 Å². The molecule has 1 aliphatic heterocycles. The van der Waals surface area contributed by atoms with Gasteiger partial charge in [-0.3, -0.25) is 10.0 Å². The molecule has 0 spiro atoms. The highest BCUT2D eigenvalue weighted by atomic mass is 32.2. The lowest BCUT2D eigenvalue weighted by atomic mass is 9.98. The van der Waals surface area contributed by atoms with Crippen molar-refractivity contribution in [3.05, 3.63) is 54.1 Å². The molecule has 3 rings (SSSR count). The van der Waals surface area contributed by atoms with E-state index in [9.17, 15) is 18.4 Å². The van der Waals surface area contributed by atoms with Crippen molar-refractivity contribution in [3.63, 3.8) is 0 Å². The number of rotatable bonds is 11. The molecule has 0 unspecified atom stereocenters. The van der Waals surface area contributed by atoms with Crippen molar-refractivity contribution in [2.24, 2.45) is 5.16 Å². The molecule has 0 radical (unpaired) electrons. The molecule has 35 heavy (non-hydrogen) atoms. The summed E-state index contributed by atoms with van der Waals surface area (Å²) < 4.78 is 40.8. The molecule has 1 saturated heterocycles. The Balaban J connectivity index is 1.54. The molecule has 0 atom stereocenters. The summed E-state index contributed by atoms with van der Waals surface area (Å²) in [6, 6.07) is 13.1. The second-order valence-electron chi connectivity index (χ2n) is 8.10. The smallest absolute Gasteiger partial charge is 0.265 e. The van der Waals surface area contributed by atoms with E-state index in [1.54, 1.807) is 19.2 Å². The number of sulfone groups is 1. The number of benzene rings is 2. The van der Waals surface area contributed by atoms with Crippen LogP contribution in [0.1, 0.15) is 37.7 Å². The first kappa shape index (κ1) is 26.5. The Kier molecular flexibility index (Phi) is 9.07. The summed E-state index contributed by atoms with van der Waals surface area (Å²) in [5.41, 5.74) is 2.88. The molecule has 10 nitrogen and oxygen atoms in total. The lowest BCUT2D eigenvalue weighted by Crippen LogP contribution is -2.54. The Labute approximate surface area is 204 Å². The predicted molar refractivity (Wildman–Crippen MR) is 127 cm³/mol. The number of unbranched alkanes of at least 4 members (excludes halogenated alkanes) is 1.